The summed E-state index contributed by atoms with van der Waals surface area (Å²) >= 11 is 0. The van der Waals surface area contributed by atoms with Gasteiger partial charge in [0.05, 0.1) is 0 Å². The van der Waals surface area contributed by atoms with Gasteiger partial charge in [-0.2, -0.15) is 8.78 Å². The molecule has 0 aliphatic rings. The lowest BCUT2D eigenvalue weighted by Crippen LogP contribution is -2.41. The van der Waals surface area contributed by atoms with Gasteiger partial charge in [0, 0.05) is 6.92 Å². The first-order valence-electron chi connectivity index (χ1n) is 1.87. The van der Waals surface area contributed by atoms with Crippen LogP contribution in [0.2, 0.25) is 0 Å². The average molecular weight is 124 g/mol. The summed E-state index contributed by atoms with van der Waals surface area (Å²) in [6.45, 7) is 0.467. The van der Waals surface area contributed by atoms with Gasteiger partial charge in [-0.25, -0.2) is 5.84 Å². The van der Waals surface area contributed by atoms with Crippen molar-refractivity contribution in [3.63, 3.8) is 0 Å². The standard InChI is InChI=1S/C3H6F2N2O/c1-3(4,5)2(8)7-6/h6H2,1H3,(H,7,8). The maximum Gasteiger partial charge on any atom is 0.323 e. The van der Waals surface area contributed by atoms with Crippen molar-refractivity contribution in [1.82, 2.24) is 5.43 Å². The van der Waals surface area contributed by atoms with Crippen LogP contribution in [0.15, 0.2) is 0 Å². The summed E-state index contributed by atoms with van der Waals surface area (Å²) in [5.41, 5.74) is 1.32. The van der Waals surface area contributed by atoms with Crippen molar-refractivity contribution < 1.29 is 13.6 Å². The molecule has 0 aromatic heterocycles. The fourth-order valence-corrected chi connectivity index (χ4v) is 0.127. The van der Waals surface area contributed by atoms with Crippen LogP contribution in [0.1, 0.15) is 6.92 Å². The molecule has 0 bridgehead atoms. The molecule has 5 heteroatoms. The summed E-state index contributed by atoms with van der Waals surface area (Å²) in [4.78, 5) is 9.85. The Hall–Kier alpha value is -0.710. The number of alkyl halides is 2. The lowest BCUT2D eigenvalue weighted by molar-refractivity contribution is -0.143. The van der Waals surface area contributed by atoms with Crippen LogP contribution in [0, 0.1) is 0 Å². The van der Waals surface area contributed by atoms with E-state index in [0.29, 0.717) is 6.92 Å². The van der Waals surface area contributed by atoms with Crippen LogP contribution in [-0.4, -0.2) is 11.8 Å². The van der Waals surface area contributed by atoms with Crippen molar-refractivity contribution in [2.24, 2.45) is 5.84 Å². The molecule has 3 N–H and O–H groups in total. The molecular weight excluding hydrogens is 118 g/mol. The van der Waals surface area contributed by atoms with Crippen LogP contribution in [-0.2, 0) is 4.79 Å². The first-order chi connectivity index (χ1) is 3.48. The molecule has 0 aromatic rings. The Bertz CT molecular complexity index is 97.9. The van der Waals surface area contributed by atoms with Gasteiger partial charge in [-0.1, -0.05) is 0 Å². The van der Waals surface area contributed by atoms with Gasteiger partial charge < -0.3 is 0 Å². The van der Waals surface area contributed by atoms with Crippen molar-refractivity contribution in [2.45, 2.75) is 12.8 Å². The number of hydrogen-bond acceptors (Lipinski definition) is 2. The highest BCUT2D eigenvalue weighted by molar-refractivity contribution is 5.82. The van der Waals surface area contributed by atoms with Crippen LogP contribution in [0.5, 0.6) is 0 Å². The van der Waals surface area contributed by atoms with Crippen LogP contribution < -0.4 is 11.3 Å². The van der Waals surface area contributed by atoms with E-state index in [1.165, 1.54) is 5.43 Å². The lowest BCUT2D eigenvalue weighted by Gasteiger charge is -2.05. The monoisotopic (exact) mass is 124 g/mol. The first-order valence-corrected chi connectivity index (χ1v) is 1.87. The number of carbonyl (C=O) groups excluding carboxylic acids is 1. The van der Waals surface area contributed by atoms with Crippen molar-refractivity contribution in [2.75, 3.05) is 0 Å². The van der Waals surface area contributed by atoms with Gasteiger partial charge in [0.1, 0.15) is 0 Å². The van der Waals surface area contributed by atoms with Gasteiger partial charge in [0.15, 0.2) is 0 Å². The van der Waals surface area contributed by atoms with Crippen molar-refractivity contribution in [1.29, 1.82) is 0 Å². The molecule has 8 heavy (non-hydrogen) atoms. The van der Waals surface area contributed by atoms with Crippen molar-refractivity contribution >= 4 is 5.91 Å². The zero-order valence-electron chi connectivity index (χ0n) is 4.24. The van der Waals surface area contributed by atoms with Crippen LogP contribution >= 0.6 is 0 Å². The van der Waals surface area contributed by atoms with E-state index in [1.54, 1.807) is 0 Å². The molecule has 3 nitrogen and oxygen atoms in total. The molecular formula is C3H6F2N2O. The molecule has 0 aromatic carbocycles. The molecule has 48 valence electrons. The fraction of sp³-hybridized carbons (Fsp3) is 0.667. The average Bonchev–Trinajstić information content (AvgIpc) is 1.62. The summed E-state index contributed by atoms with van der Waals surface area (Å²) in [6.07, 6.45) is 0. The van der Waals surface area contributed by atoms with E-state index in [1.807, 2.05) is 0 Å². The van der Waals surface area contributed by atoms with Crippen LogP contribution in [0.3, 0.4) is 0 Å². The van der Waals surface area contributed by atoms with Gasteiger partial charge in [-0.3, -0.25) is 10.2 Å². The van der Waals surface area contributed by atoms with E-state index >= 15 is 0 Å². The molecule has 0 spiro atoms. The molecule has 0 heterocycles. The second kappa shape index (κ2) is 2.04. The molecule has 0 rings (SSSR count). The minimum Gasteiger partial charge on any atom is -0.289 e. The Labute approximate surface area is 44.8 Å². The number of nitrogens with two attached hydrogens (primary N) is 1. The molecule has 0 aliphatic carbocycles. The molecule has 0 fully saturated rings. The van der Waals surface area contributed by atoms with Gasteiger partial charge in [0.2, 0.25) is 0 Å². The van der Waals surface area contributed by atoms with E-state index in [0.717, 1.165) is 0 Å². The van der Waals surface area contributed by atoms with Crippen LogP contribution in [0.25, 0.3) is 0 Å². The minimum atomic E-state index is -3.37. The fourth-order valence-electron chi connectivity index (χ4n) is 0.127. The zero-order chi connectivity index (χ0) is 6.78. The van der Waals surface area contributed by atoms with E-state index in [2.05, 4.69) is 5.84 Å². The van der Waals surface area contributed by atoms with E-state index in [4.69, 9.17) is 0 Å². The van der Waals surface area contributed by atoms with Gasteiger partial charge in [-0.15, -0.1) is 0 Å². The molecule has 0 atom stereocenters. The molecule has 0 aliphatic heterocycles. The van der Waals surface area contributed by atoms with Gasteiger partial charge >= 0.3 is 11.8 Å². The number of carbonyl (C=O) groups is 1. The highest BCUT2D eigenvalue weighted by atomic mass is 19.3. The number of halogens is 2. The molecule has 0 saturated heterocycles. The maximum absolute atomic E-state index is 11.6. The highest BCUT2D eigenvalue weighted by Crippen LogP contribution is 2.09. The summed E-state index contributed by atoms with van der Waals surface area (Å²) < 4.78 is 23.2. The molecule has 0 saturated carbocycles. The molecule has 1 amide bonds. The topological polar surface area (TPSA) is 55.1 Å². The number of hydrogen-bond donors (Lipinski definition) is 2. The largest absolute Gasteiger partial charge is 0.323 e. The lowest BCUT2D eigenvalue weighted by atomic mass is 10.4. The van der Waals surface area contributed by atoms with Crippen LogP contribution in [0.4, 0.5) is 8.78 Å². The quantitative estimate of drug-likeness (QED) is 0.284. The van der Waals surface area contributed by atoms with Crippen molar-refractivity contribution in [3.8, 4) is 0 Å². The minimum absolute atomic E-state index is 0.467. The maximum atomic E-state index is 11.6. The smallest absolute Gasteiger partial charge is 0.289 e. The van der Waals surface area contributed by atoms with E-state index < -0.39 is 11.8 Å². The van der Waals surface area contributed by atoms with Gasteiger partial charge in [0.25, 0.3) is 0 Å². The zero-order valence-corrected chi connectivity index (χ0v) is 4.24. The third kappa shape index (κ3) is 1.83. The number of nitrogens with one attached hydrogen (secondary N) is 1. The molecule has 0 radical (unpaired) electrons. The van der Waals surface area contributed by atoms with E-state index in [-0.39, 0.29) is 0 Å². The summed E-state index contributed by atoms with van der Waals surface area (Å²) in [7, 11) is 0. The molecule has 0 unspecified atom stereocenters. The third-order valence-corrected chi connectivity index (χ3v) is 0.530. The number of rotatable bonds is 1. The number of hydrazine groups is 1. The predicted molar refractivity (Wildman–Crippen MR) is 23.0 cm³/mol. The third-order valence-electron chi connectivity index (χ3n) is 0.530. The summed E-state index contributed by atoms with van der Waals surface area (Å²) in [5.74, 6) is -0.462. The van der Waals surface area contributed by atoms with E-state index in [9.17, 15) is 13.6 Å². The number of amides is 1. The highest BCUT2D eigenvalue weighted by Gasteiger charge is 2.30. The normalized spacial score (nSPS) is 11.0. The van der Waals surface area contributed by atoms with Gasteiger partial charge in [-0.05, 0) is 0 Å². The Morgan fingerprint density at radius 3 is 2.12 bits per heavy atom. The predicted octanol–water partition coefficient (Wildman–Crippen LogP) is -0.368. The summed E-state index contributed by atoms with van der Waals surface area (Å²) in [5, 5.41) is 0. The Morgan fingerprint density at radius 1 is 1.75 bits per heavy atom. The SMILES string of the molecule is CC(F)(F)C(=O)NN. The second-order valence-corrected chi connectivity index (χ2v) is 1.36. The summed E-state index contributed by atoms with van der Waals surface area (Å²) in [6, 6.07) is 0. The Morgan fingerprint density at radius 2 is 2.12 bits per heavy atom. The Balaban J connectivity index is 3.82. The first kappa shape index (κ1) is 7.29. The van der Waals surface area contributed by atoms with Crippen molar-refractivity contribution in [3.05, 3.63) is 0 Å². The Kier molecular flexibility index (Phi) is 1.86. The second-order valence-electron chi connectivity index (χ2n) is 1.36.